The Balaban J connectivity index is 1.67. The largest absolute Gasteiger partial charge is 0.444 e. The maximum atomic E-state index is 12.6. The van der Waals surface area contributed by atoms with E-state index in [1.165, 1.54) is 12.3 Å². The number of hydrogen-bond acceptors (Lipinski definition) is 4. The van der Waals surface area contributed by atoms with Crippen LogP contribution in [0.1, 0.15) is 39.3 Å². The second-order valence-electron chi connectivity index (χ2n) is 7.84. The Morgan fingerprint density at radius 3 is 2.48 bits per heavy atom. The molecule has 1 aromatic heterocycles. The number of amides is 1. The van der Waals surface area contributed by atoms with Gasteiger partial charge in [0.25, 0.3) is 0 Å². The van der Waals surface area contributed by atoms with Gasteiger partial charge in [0.2, 0.25) is 0 Å². The molecule has 138 valence electrons. The first-order chi connectivity index (χ1) is 11.5. The van der Waals surface area contributed by atoms with E-state index < -0.39 is 23.6 Å². The molecule has 0 radical (unpaired) electrons. The van der Waals surface area contributed by atoms with Crippen molar-refractivity contribution < 1.29 is 22.7 Å². The fourth-order valence-corrected chi connectivity index (χ4v) is 3.22. The number of alkyl carbamates (subject to hydrolysis) is 1. The molecule has 1 saturated carbocycles. The third-order valence-electron chi connectivity index (χ3n) is 4.63. The van der Waals surface area contributed by atoms with Crippen molar-refractivity contribution in [2.24, 2.45) is 5.41 Å². The van der Waals surface area contributed by atoms with Crippen molar-refractivity contribution in [3.8, 4) is 0 Å². The molecule has 1 atom stereocenters. The zero-order chi connectivity index (χ0) is 18.5. The van der Waals surface area contributed by atoms with Gasteiger partial charge >= 0.3 is 12.3 Å². The predicted octanol–water partition coefficient (Wildman–Crippen LogP) is 3.59. The number of alkyl halides is 3. The number of aromatic nitrogens is 1. The highest BCUT2D eigenvalue weighted by Crippen LogP contribution is 2.53. The molecule has 1 saturated heterocycles. The highest BCUT2D eigenvalue weighted by Gasteiger charge is 2.56. The summed E-state index contributed by atoms with van der Waals surface area (Å²) in [6, 6.07) is 2.34. The summed E-state index contributed by atoms with van der Waals surface area (Å²) >= 11 is 0. The van der Waals surface area contributed by atoms with Crippen LogP contribution in [0.25, 0.3) is 0 Å². The minimum atomic E-state index is -4.44. The van der Waals surface area contributed by atoms with E-state index in [4.69, 9.17) is 4.74 Å². The lowest BCUT2D eigenvalue weighted by Crippen LogP contribution is -2.44. The Morgan fingerprint density at radius 2 is 2.00 bits per heavy atom. The normalized spacial score (nSPS) is 22.2. The van der Waals surface area contributed by atoms with E-state index in [0.29, 0.717) is 18.8 Å². The first-order valence-electron chi connectivity index (χ1n) is 8.26. The van der Waals surface area contributed by atoms with E-state index in [1.54, 1.807) is 20.8 Å². The van der Waals surface area contributed by atoms with Crippen molar-refractivity contribution in [2.45, 2.75) is 51.4 Å². The number of rotatable bonds is 2. The lowest BCUT2D eigenvalue weighted by molar-refractivity contribution is -0.141. The first kappa shape index (κ1) is 17.8. The lowest BCUT2D eigenvalue weighted by Gasteiger charge is -2.24. The van der Waals surface area contributed by atoms with Crippen LogP contribution in [0.4, 0.5) is 23.7 Å². The number of hydrogen-bond donors (Lipinski definition) is 1. The van der Waals surface area contributed by atoms with Crippen molar-refractivity contribution >= 4 is 11.8 Å². The van der Waals surface area contributed by atoms with Gasteiger partial charge in [-0.3, -0.25) is 0 Å². The number of anilines is 1. The van der Waals surface area contributed by atoms with Crippen LogP contribution in [0.15, 0.2) is 18.3 Å². The van der Waals surface area contributed by atoms with Crippen LogP contribution in [0.3, 0.4) is 0 Å². The molecule has 8 heteroatoms. The SMILES string of the molecule is CC(C)(C)OC(=O)N[C@H]1CN(c2ccc(C(F)(F)F)nc2)CC12CC2. The number of carbonyl (C=O) groups is 1. The fourth-order valence-electron chi connectivity index (χ4n) is 3.22. The van der Waals surface area contributed by atoms with Crippen molar-refractivity contribution in [1.82, 2.24) is 10.3 Å². The van der Waals surface area contributed by atoms with Gasteiger partial charge in [-0.15, -0.1) is 0 Å². The van der Waals surface area contributed by atoms with E-state index in [1.807, 2.05) is 4.90 Å². The van der Waals surface area contributed by atoms with E-state index in [-0.39, 0.29) is 11.5 Å². The highest BCUT2D eigenvalue weighted by atomic mass is 19.4. The minimum absolute atomic E-state index is 0.0143. The standard InChI is InChI=1S/C17H22F3N3O2/c1-15(2,3)25-14(24)22-13-9-23(10-16(13)6-7-16)11-4-5-12(21-8-11)17(18,19)20/h4-5,8,13H,6-7,9-10H2,1-3H3,(H,22,24)/t13-/m0/s1. The average molecular weight is 357 g/mol. The molecule has 1 spiro atoms. The number of halogens is 3. The zero-order valence-corrected chi connectivity index (χ0v) is 14.5. The summed E-state index contributed by atoms with van der Waals surface area (Å²) in [5.74, 6) is 0. The maximum absolute atomic E-state index is 12.6. The molecule has 5 nitrogen and oxygen atoms in total. The Morgan fingerprint density at radius 1 is 1.32 bits per heavy atom. The van der Waals surface area contributed by atoms with Crippen molar-refractivity contribution in [1.29, 1.82) is 0 Å². The molecule has 2 fully saturated rings. The van der Waals surface area contributed by atoms with Gasteiger partial charge in [0.15, 0.2) is 0 Å². The van der Waals surface area contributed by atoms with Crippen molar-refractivity contribution in [3.63, 3.8) is 0 Å². The quantitative estimate of drug-likeness (QED) is 0.879. The van der Waals surface area contributed by atoms with Crippen LogP contribution in [-0.2, 0) is 10.9 Å². The molecule has 0 unspecified atom stereocenters. The second-order valence-corrected chi connectivity index (χ2v) is 7.84. The molecule has 1 aliphatic heterocycles. The summed E-state index contributed by atoms with van der Waals surface area (Å²) in [7, 11) is 0. The highest BCUT2D eigenvalue weighted by molar-refractivity contribution is 5.69. The number of nitrogens with one attached hydrogen (secondary N) is 1. The summed E-state index contributed by atoms with van der Waals surface area (Å²) in [5, 5.41) is 2.92. The van der Waals surface area contributed by atoms with Gasteiger partial charge in [0.1, 0.15) is 11.3 Å². The van der Waals surface area contributed by atoms with Crippen LogP contribution in [0, 0.1) is 5.41 Å². The molecule has 0 aromatic carbocycles. The van der Waals surface area contributed by atoms with Gasteiger partial charge in [0, 0.05) is 18.5 Å². The Bertz CT molecular complexity index is 649. The summed E-state index contributed by atoms with van der Waals surface area (Å²) < 4.78 is 43.2. The Labute approximate surface area is 144 Å². The number of pyridine rings is 1. The summed E-state index contributed by atoms with van der Waals surface area (Å²) in [4.78, 5) is 17.5. The van der Waals surface area contributed by atoms with E-state index in [9.17, 15) is 18.0 Å². The lowest BCUT2D eigenvalue weighted by atomic mass is 10.0. The minimum Gasteiger partial charge on any atom is -0.444 e. The molecule has 25 heavy (non-hydrogen) atoms. The Hall–Kier alpha value is -1.99. The molecule has 1 aliphatic carbocycles. The summed E-state index contributed by atoms with van der Waals surface area (Å²) in [6.45, 7) is 6.63. The number of ether oxygens (including phenoxy) is 1. The molecule has 2 aliphatic rings. The van der Waals surface area contributed by atoms with Gasteiger partial charge in [-0.1, -0.05) is 0 Å². The molecule has 0 bridgehead atoms. The maximum Gasteiger partial charge on any atom is 0.433 e. The summed E-state index contributed by atoms with van der Waals surface area (Å²) in [5.41, 5.74) is -0.858. The van der Waals surface area contributed by atoms with Gasteiger partial charge in [-0.05, 0) is 45.7 Å². The molecule has 1 amide bonds. The van der Waals surface area contributed by atoms with Gasteiger partial charge in [-0.2, -0.15) is 13.2 Å². The topological polar surface area (TPSA) is 54.5 Å². The number of carbonyl (C=O) groups excluding carboxylic acids is 1. The van der Waals surface area contributed by atoms with Gasteiger partial charge < -0.3 is 15.0 Å². The van der Waals surface area contributed by atoms with Crippen LogP contribution < -0.4 is 10.2 Å². The van der Waals surface area contributed by atoms with Crippen LogP contribution in [0.5, 0.6) is 0 Å². The fraction of sp³-hybridized carbons (Fsp3) is 0.647. The van der Waals surface area contributed by atoms with Crippen LogP contribution in [0.2, 0.25) is 0 Å². The molecule has 2 heterocycles. The molecule has 3 rings (SSSR count). The average Bonchev–Trinajstić information content (AvgIpc) is 3.15. The monoisotopic (exact) mass is 357 g/mol. The Kier molecular flexibility index (Phi) is 4.12. The third kappa shape index (κ3) is 3.99. The van der Waals surface area contributed by atoms with Crippen LogP contribution >= 0.6 is 0 Å². The predicted molar refractivity (Wildman–Crippen MR) is 86.3 cm³/mol. The second kappa shape index (κ2) is 5.78. The summed E-state index contributed by atoms with van der Waals surface area (Å²) in [6.07, 6.45) is -1.69. The molecule has 1 N–H and O–H groups in total. The smallest absolute Gasteiger partial charge is 0.433 e. The van der Waals surface area contributed by atoms with Gasteiger partial charge in [-0.25, -0.2) is 9.78 Å². The van der Waals surface area contributed by atoms with Gasteiger partial charge in [0.05, 0.1) is 17.9 Å². The number of nitrogens with zero attached hydrogens (tertiary/aromatic N) is 2. The molecule has 1 aromatic rings. The first-order valence-corrected chi connectivity index (χ1v) is 8.26. The van der Waals surface area contributed by atoms with Crippen molar-refractivity contribution in [2.75, 3.05) is 18.0 Å². The van der Waals surface area contributed by atoms with Crippen LogP contribution in [-0.4, -0.2) is 35.8 Å². The van der Waals surface area contributed by atoms with E-state index in [2.05, 4.69) is 10.3 Å². The molecular weight excluding hydrogens is 335 g/mol. The third-order valence-corrected chi connectivity index (χ3v) is 4.63. The molecular formula is C17H22F3N3O2. The zero-order valence-electron chi connectivity index (χ0n) is 14.5. The van der Waals surface area contributed by atoms with E-state index in [0.717, 1.165) is 18.9 Å². The van der Waals surface area contributed by atoms with Crippen molar-refractivity contribution in [3.05, 3.63) is 24.0 Å². The van der Waals surface area contributed by atoms with E-state index >= 15 is 0 Å².